The number of carbonyl (C=O) groups excluding carboxylic acids is 2. The van der Waals surface area contributed by atoms with Gasteiger partial charge in [0.15, 0.2) is 0 Å². The second-order valence-corrected chi connectivity index (χ2v) is 14.3. The van der Waals surface area contributed by atoms with E-state index in [9.17, 15) is 9.59 Å². The highest BCUT2D eigenvalue weighted by Gasteiger charge is 2.07. The molecule has 0 fully saturated rings. The highest BCUT2D eigenvalue weighted by Crippen LogP contribution is 2.14. The van der Waals surface area contributed by atoms with Crippen LogP contribution >= 0.6 is 0 Å². The molecule has 0 saturated carbocycles. The third-order valence-corrected chi connectivity index (χ3v) is 9.47. The Bertz CT molecular complexity index is 662. The van der Waals surface area contributed by atoms with Crippen molar-refractivity contribution < 1.29 is 9.59 Å². The first-order chi connectivity index (χ1) is 22.6. The lowest BCUT2D eigenvalue weighted by Gasteiger charge is -2.14. The van der Waals surface area contributed by atoms with Gasteiger partial charge >= 0.3 is 0 Å². The Morgan fingerprint density at radius 3 is 1.26 bits per heavy atom. The first kappa shape index (κ1) is 44.7. The summed E-state index contributed by atoms with van der Waals surface area (Å²) in [5.41, 5.74) is 0. The Morgan fingerprint density at radius 1 is 0.457 bits per heavy atom. The molecule has 0 heterocycles. The van der Waals surface area contributed by atoms with Crippen LogP contribution in [-0.4, -0.2) is 24.4 Å². The lowest BCUT2D eigenvalue weighted by molar-refractivity contribution is -0.122. The lowest BCUT2D eigenvalue weighted by Crippen LogP contribution is -2.32. The van der Waals surface area contributed by atoms with E-state index in [0.717, 1.165) is 45.1 Å². The lowest BCUT2D eigenvalue weighted by atomic mass is 10.0. The number of allylic oxidation sites excluding steroid dienone is 2. The van der Waals surface area contributed by atoms with E-state index in [-0.39, 0.29) is 17.9 Å². The summed E-state index contributed by atoms with van der Waals surface area (Å²) in [5, 5.41) is 6.25. The van der Waals surface area contributed by atoms with Gasteiger partial charge in [-0.05, 0) is 64.7 Å². The summed E-state index contributed by atoms with van der Waals surface area (Å²) in [6.07, 6.45) is 46.0. The van der Waals surface area contributed by atoms with Crippen molar-refractivity contribution in [2.75, 3.05) is 6.54 Å². The number of hydrogen-bond donors (Lipinski definition) is 2. The zero-order chi connectivity index (χ0) is 33.6. The minimum atomic E-state index is 0.197. The molecule has 2 N–H and O–H groups in total. The molecule has 0 saturated heterocycles. The van der Waals surface area contributed by atoms with Crippen LogP contribution in [-0.2, 0) is 9.59 Å². The maximum atomic E-state index is 12.3. The van der Waals surface area contributed by atoms with E-state index < -0.39 is 0 Å². The van der Waals surface area contributed by atoms with E-state index in [1.54, 1.807) is 0 Å². The Labute approximate surface area is 288 Å². The molecule has 0 aromatic carbocycles. The average molecular weight is 647 g/mol. The van der Waals surface area contributed by atoms with E-state index in [0.29, 0.717) is 12.8 Å². The van der Waals surface area contributed by atoms with E-state index >= 15 is 0 Å². The summed E-state index contributed by atoms with van der Waals surface area (Å²) in [7, 11) is 0. The van der Waals surface area contributed by atoms with E-state index in [2.05, 4.69) is 43.6 Å². The van der Waals surface area contributed by atoms with Crippen LogP contribution in [0.15, 0.2) is 12.2 Å². The number of unbranched alkanes of at least 4 members (excludes halogenated alkanes) is 26. The van der Waals surface area contributed by atoms with E-state index in [4.69, 9.17) is 0 Å². The van der Waals surface area contributed by atoms with Gasteiger partial charge in [-0.2, -0.15) is 0 Å². The molecular weight excluding hydrogens is 564 g/mol. The average Bonchev–Trinajstić information content (AvgIpc) is 3.04. The standard InChI is InChI=1S/C42H82N2O2/c1-4-6-8-10-12-14-16-18-20-22-24-26-28-30-32-37-41(45)43-39-35-34-36-40(3)44-42(46)38-33-31-29-27-25-23-21-19-17-15-13-11-9-7-5-2/h18,20,40H,4-17,19,21-39H2,1-3H3,(H,43,45)(H,44,46)/b20-18-/t40-/m1/s1. The molecule has 0 aliphatic carbocycles. The predicted octanol–water partition coefficient (Wildman–Crippen LogP) is 13.1. The van der Waals surface area contributed by atoms with E-state index in [1.165, 1.54) is 161 Å². The van der Waals surface area contributed by atoms with Gasteiger partial charge in [0.1, 0.15) is 0 Å². The second-order valence-electron chi connectivity index (χ2n) is 14.3. The largest absolute Gasteiger partial charge is 0.356 e. The molecule has 0 aromatic heterocycles. The fourth-order valence-electron chi connectivity index (χ4n) is 6.32. The Hall–Kier alpha value is -1.32. The fourth-order valence-corrected chi connectivity index (χ4v) is 6.32. The van der Waals surface area contributed by atoms with Crippen LogP contribution in [0.4, 0.5) is 0 Å². The van der Waals surface area contributed by atoms with Gasteiger partial charge in [-0.25, -0.2) is 0 Å². The van der Waals surface area contributed by atoms with Crippen molar-refractivity contribution in [3.05, 3.63) is 12.2 Å². The van der Waals surface area contributed by atoms with Gasteiger partial charge in [0, 0.05) is 25.4 Å². The molecule has 0 bridgehead atoms. The quantitative estimate of drug-likeness (QED) is 0.0521. The van der Waals surface area contributed by atoms with E-state index in [1.807, 2.05) is 0 Å². The molecule has 0 aromatic rings. The molecule has 0 aliphatic heterocycles. The first-order valence-corrected chi connectivity index (χ1v) is 20.8. The molecule has 0 rings (SSSR count). The van der Waals surface area contributed by atoms with Crippen LogP contribution < -0.4 is 10.6 Å². The molecule has 1 atom stereocenters. The second kappa shape index (κ2) is 38.1. The van der Waals surface area contributed by atoms with Gasteiger partial charge in [-0.3, -0.25) is 9.59 Å². The molecule has 0 aliphatic rings. The van der Waals surface area contributed by atoms with Gasteiger partial charge < -0.3 is 10.6 Å². The van der Waals surface area contributed by atoms with Crippen molar-refractivity contribution in [3.8, 4) is 0 Å². The number of hydrogen-bond acceptors (Lipinski definition) is 2. The molecule has 272 valence electrons. The summed E-state index contributed by atoms with van der Waals surface area (Å²) < 4.78 is 0. The molecule has 0 radical (unpaired) electrons. The summed E-state index contributed by atoms with van der Waals surface area (Å²) in [5.74, 6) is 0.401. The van der Waals surface area contributed by atoms with Crippen molar-refractivity contribution in [3.63, 3.8) is 0 Å². The van der Waals surface area contributed by atoms with Crippen molar-refractivity contribution in [2.24, 2.45) is 0 Å². The number of rotatable bonds is 37. The minimum absolute atomic E-state index is 0.197. The van der Waals surface area contributed by atoms with Crippen LogP contribution in [0.1, 0.15) is 233 Å². The summed E-state index contributed by atoms with van der Waals surface area (Å²) in [6, 6.07) is 0.218. The SMILES string of the molecule is CCCCCCCC/C=C\CCCCCCCC(=O)NCCCC[C@@H](C)NC(=O)CCCCCCCCCCCCCCCCC. The minimum Gasteiger partial charge on any atom is -0.356 e. The Morgan fingerprint density at radius 2 is 0.826 bits per heavy atom. The van der Waals surface area contributed by atoms with Crippen molar-refractivity contribution in [2.45, 2.75) is 239 Å². The van der Waals surface area contributed by atoms with Gasteiger partial charge in [0.2, 0.25) is 11.8 Å². The molecular formula is C42H82N2O2. The highest BCUT2D eigenvalue weighted by atomic mass is 16.2. The van der Waals surface area contributed by atoms with Gasteiger partial charge in [0.25, 0.3) is 0 Å². The maximum absolute atomic E-state index is 12.3. The molecule has 4 heteroatoms. The first-order valence-electron chi connectivity index (χ1n) is 20.8. The van der Waals surface area contributed by atoms with Crippen LogP contribution in [0.2, 0.25) is 0 Å². The molecule has 0 spiro atoms. The zero-order valence-electron chi connectivity index (χ0n) is 31.6. The topological polar surface area (TPSA) is 58.2 Å². The van der Waals surface area contributed by atoms with Crippen molar-refractivity contribution in [1.82, 2.24) is 10.6 Å². The van der Waals surface area contributed by atoms with Crippen LogP contribution in [0.25, 0.3) is 0 Å². The molecule has 4 nitrogen and oxygen atoms in total. The van der Waals surface area contributed by atoms with Gasteiger partial charge in [-0.1, -0.05) is 167 Å². The van der Waals surface area contributed by atoms with Crippen molar-refractivity contribution >= 4 is 11.8 Å². The Kier molecular flexibility index (Phi) is 37.0. The Balaban J connectivity index is 3.39. The monoisotopic (exact) mass is 647 g/mol. The number of carbonyl (C=O) groups is 2. The summed E-state index contributed by atoms with van der Waals surface area (Å²) >= 11 is 0. The van der Waals surface area contributed by atoms with Gasteiger partial charge in [-0.15, -0.1) is 0 Å². The molecule has 2 amide bonds. The van der Waals surface area contributed by atoms with Crippen LogP contribution in [0, 0.1) is 0 Å². The fraction of sp³-hybridized carbons (Fsp3) is 0.905. The highest BCUT2D eigenvalue weighted by molar-refractivity contribution is 5.76. The van der Waals surface area contributed by atoms with Crippen LogP contribution in [0.3, 0.4) is 0 Å². The van der Waals surface area contributed by atoms with Crippen LogP contribution in [0.5, 0.6) is 0 Å². The molecule has 0 unspecified atom stereocenters. The van der Waals surface area contributed by atoms with Gasteiger partial charge in [0.05, 0.1) is 0 Å². The summed E-state index contributed by atoms with van der Waals surface area (Å²) in [4.78, 5) is 24.4. The smallest absolute Gasteiger partial charge is 0.220 e. The summed E-state index contributed by atoms with van der Waals surface area (Å²) in [6.45, 7) is 7.42. The van der Waals surface area contributed by atoms with Crippen molar-refractivity contribution in [1.29, 1.82) is 0 Å². The number of nitrogens with one attached hydrogen (secondary N) is 2. The maximum Gasteiger partial charge on any atom is 0.220 e. The molecule has 46 heavy (non-hydrogen) atoms. The normalized spacial score (nSPS) is 12.2. The predicted molar refractivity (Wildman–Crippen MR) is 203 cm³/mol. The third kappa shape index (κ3) is 37.1. The zero-order valence-corrected chi connectivity index (χ0v) is 31.6. The third-order valence-electron chi connectivity index (χ3n) is 9.47. The number of amides is 2.